The summed E-state index contributed by atoms with van der Waals surface area (Å²) in [6.45, 7) is 0. The Morgan fingerprint density at radius 3 is 2.45 bits per heavy atom. The highest BCUT2D eigenvalue weighted by molar-refractivity contribution is 6.08. The van der Waals surface area contributed by atoms with Gasteiger partial charge < -0.3 is 11.1 Å². The number of aromatic nitrogens is 2. The van der Waals surface area contributed by atoms with E-state index in [0.717, 1.165) is 29.1 Å². The normalized spacial score (nSPS) is 10.3. The monoisotopic (exact) mass is 280 g/mol. The first-order valence-corrected chi connectivity index (χ1v) is 5.49. The number of carbonyl (C=O) groups is 2. The lowest BCUT2D eigenvalue weighted by Gasteiger charge is -2.07. The van der Waals surface area contributed by atoms with Crippen LogP contribution in [0.25, 0.3) is 0 Å². The van der Waals surface area contributed by atoms with E-state index in [4.69, 9.17) is 5.73 Å². The second-order valence-corrected chi connectivity index (χ2v) is 3.95. The Balaban J connectivity index is 2.36. The molecule has 0 aliphatic carbocycles. The van der Waals surface area contributed by atoms with E-state index < -0.39 is 29.0 Å². The van der Waals surface area contributed by atoms with Crippen LogP contribution in [0.5, 0.6) is 0 Å². The molecular weight excluding hydrogens is 270 g/mol. The molecule has 0 atom stereocenters. The third-order valence-electron chi connectivity index (χ3n) is 2.61. The maximum Gasteiger partial charge on any atom is 0.269 e. The fraction of sp³-hybridized carbons (Fsp3) is 0.0833. The van der Waals surface area contributed by atoms with Gasteiger partial charge in [-0.2, -0.15) is 5.10 Å². The van der Waals surface area contributed by atoms with Crippen LogP contribution in [0, 0.1) is 11.6 Å². The topological polar surface area (TPSA) is 90.0 Å². The van der Waals surface area contributed by atoms with Crippen molar-refractivity contribution in [3.63, 3.8) is 0 Å². The van der Waals surface area contributed by atoms with E-state index in [-0.39, 0.29) is 11.4 Å². The highest BCUT2D eigenvalue weighted by Gasteiger charge is 2.21. The first-order valence-electron chi connectivity index (χ1n) is 5.49. The fourth-order valence-electron chi connectivity index (χ4n) is 1.72. The molecule has 0 spiro atoms. The smallest absolute Gasteiger partial charge is 0.269 e. The summed E-state index contributed by atoms with van der Waals surface area (Å²) in [6, 6.07) is 3.05. The number of benzene rings is 1. The number of aryl methyl sites for hydroxylation is 1. The molecule has 0 saturated carbocycles. The summed E-state index contributed by atoms with van der Waals surface area (Å²) in [5.74, 6) is -3.87. The highest BCUT2D eigenvalue weighted by atomic mass is 19.1. The van der Waals surface area contributed by atoms with Crippen LogP contribution in [0.15, 0.2) is 24.4 Å². The quantitative estimate of drug-likeness (QED) is 0.880. The SMILES string of the molecule is Cn1ncc(NC(=O)c2c(F)cccc2F)c1C(N)=O. The molecule has 1 aromatic carbocycles. The number of primary amides is 1. The molecule has 0 radical (unpaired) electrons. The van der Waals surface area contributed by atoms with E-state index in [2.05, 4.69) is 10.4 Å². The zero-order valence-corrected chi connectivity index (χ0v) is 10.4. The number of anilines is 1. The van der Waals surface area contributed by atoms with Gasteiger partial charge in [-0.15, -0.1) is 0 Å². The molecule has 104 valence electrons. The lowest BCUT2D eigenvalue weighted by Crippen LogP contribution is -2.21. The van der Waals surface area contributed by atoms with E-state index >= 15 is 0 Å². The first kappa shape index (κ1) is 13.7. The third-order valence-corrected chi connectivity index (χ3v) is 2.61. The van der Waals surface area contributed by atoms with Crippen molar-refractivity contribution in [3.05, 3.63) is 47.3 Å². The Kier molecular flexibility index (Phi) is 3.47. The summed E-state index contributed by atoms with van der Waals surface area (Å²) in [6.07, 6.45) is 1.16. The largest absolute Gasteiger partial charge is 0.364 e. The van der Waals surface area contributed by atoms with Crippen LogP contribution in [-0.4, -0.2) is 21.6 Å². The van der Waals surface area contributed by atoms with Crippen molar-refractivity contribution < 1.29 is 18.4 Å². The minimum Gasteiger partial charge on any atom is -0.364 e. The minimum atomic E-state index is -1.03. The van der Waals surface area contributed by atoms with Gasteiger partial charge in [-0.3, -0.25) is 14.3 Å². The molecule has 2 aromatic rings. The van der Waals surface area contributed by atoms with Crippen LogP contribution >= 0.6 is 0 Å². The number of halogens is 2. The van der Waals surface area contributed by atoms with Crippen LogP contribution < -0.4 is 11.1 Å². The molecule has 0 fully saturated rings. The standard InChI is InChI=1S/C12H10F2N4O2/c1-18-10(11(15)19)8(5-16-18)17-12(20)9-6(13)3-2-4-7(9)14/h2-5H,1H3,(H2,15,19)(H,17,20). The van der Waals surface area contributed by atoms with Crippen LogP contribution in [0.2, 0.25) is 0 Å². The number of hydrogen-bond acceptors (Lipinski definition) is 3. The lowest BCUT2D eigenvalue weighted by atomic mass is 10.2. The number of hydrogen-bond donors (Lipinski definition) is 2. The predicted octanol–water partition coefficient (Wildman–Crippen LogP) is 1.05. The van der Waals surface area contributed by atoms with Crippen molar-refractivity contribution in [2.24, 2.45) is 12.8 Å². The second-order valence-electron chi connectivity index (χ2n) is 3.95. The van der Waals surface area contributed by atoms with Gasteiger partial charge in [-0.25, -0.2) is 8.78 Å². The molecule has 20 heavy (non-hydrogen) atoms. The molecule has 1 aromatic heterocycles. The minimum absolute atomic E-state index is 0.0207. The van der Waals surface area contributed by atoms with Gasteiger partial charge in [0.05, 0.1) is 11.9 Å². The van der Waals surface area contributed by atoms with Crippen molar-refractivity contribution in [1.29, 1.82) is 0 Å². The Hall–Kier alpha value is -2.77. The average Bonchev–Trinajstić information content (AvgIpc) is 2.70. The lowest BCUT2D eigenvalue weighted by molar-refractivity contribution is 0.0992. The van der Waals surface area contributed by atoms with Crippen LogP contribution in [-0.2, 0) is 7.05 Å². The molecule has 0 bridgehead atoms. The molecule has 2 rings (SSSR count). The van der Waals surface area contributed by atoms with Gasteiger partial charge in [0.25, 0.3) is 11.8 Å². The predicted molar refractivity (Wildman–Crippen MR) is 66.0 cm³/mol. The van der Waals surface area contributed by atoms with Gasteiger partial charge in [-0.05, 0) is 12.1 Å². The summed E-state index contributed by atoms with van der Waals surface area (Å²) >= 11 is 0. The van der Waals surface area contributed by atoms with Crippen molar-refractivity contribution in [3.8, 4) is 0 Å². The maximum atomic E-state index is 13.5. The third kappa shape index (κ3) is 2.35. The van der Waals surface area contributed by atoms with E-state index in [0.29, 0.717) is 0 Å². The molecule has 1 heterocycles. The van der Waals surface area contributed by atoms with Gasteiger partial charge in [0.2, 0.25) is 0 Å². The molecule has 0 aliphatic heterocycles. The van der Waals surface area contributed by atoms with E-state index in [1.807, 2.05) is 0 Å². The van der Waals surface area contributed by atoms with Crippen LogP contribution in [0.1, 0.15) is 20.8 Å². The molecule has 8 heteroatoms. The van der Waals surface area contributed by atoms with Crippen LogP contribution in [0.3, 0.4) is 0 Å². The molecule has 0 aliphatic rings. The summed E-state index contributed by atoms with van der Waals surface area (Å²) < 4.78 is 28.1. The number of nitrogens with two attached hydrogens (primary N) is 1. The van der Waals surface area contributed by atoms with E-state index in [1.54, 1.807) is 0 Å². The Labute approximate surface area is 112 Å². The van der Waals surface area contributed by atoms with E-state index in [9.17, 15) is 18.4 Å². The molecule has 3 N–H and O–H groups in total. The average molecular weight is 280 g/mol. The van der Waals surface area contributed by atoms with Gasteiger partial charge in [0, 0.05) is 7.05 Å². The summed E-state index contributed by atoms with van der Waals surface area (Å²) in [5, 5.41) is 5.95. The van der Waals surface area contributed by atoms with Gasteiger partial charge in [0.1, 0.15) is 22.9 Å². The summed E-state index contributed by atoms with van der Waals surface area (Å²) in [7, 11) is 1.44. The molecule has 0 unspecified atom stereocenters. The summed E-state index contributed by atoms with van der Waals surface area (Å²) in [4.78, 5) is 23.1. The zero-order chi connectivity index (χ0) is 14.9. The number of amides is 2. The highest BCUT2D eigenvalue weighted by Crippen LogP contribution is 2.17. The number of carbonyl (C=O) groups excluding carboxylic acids is 2. The van der Waals surface area contributed by atoms with Crippen LogP contribution in [0.4, 0.5) is 14.5 Å². The van der Waals surface area contributed by atoms with Crippen molar-refractivity contribution in [1.82, 2.24) is 9.78 Å². The van der Waals surface area contributed by atoms with Crippen molar-refractivity contribution in [2.45, 2.75) is 0 Å². The Morgan fingerprint density at radius 1 is 1.30 bits per heavy atom. The number of nitrogens with one attached hydrogen (secondary N) is 1. The summed E-state index contributed by atoms with van der Waals surface area (Å²) in [5.41, 5.74) is 4.30. The molecule has 2 amide bonds. The van der Waals surface area contributed by atoms with Gasteiger partial charge >= 0.3 is 0 Å². The maximum absolute atomic E-state index is 13.5. The molecule has 0 saturated heterocycles. The zero-order valence-electron chi connectivity index (χ0n) is 10.4. The number of rotatable bonds is 3. The fourth-order valence-corrected chi connectivity index (χ4v) is 1.72. The first-order chi connectivity index (χ1) is 9.41. The van der Waals surface area contributed by atoms with Gasteiger partial charge in [0.15, 0.2) is 0 Å². The second kappa shape index (κ2) is 5.08. The molecular formula is C12H10F2N4O2. The Morgan fingerprint density at radius 2 is 1.90 bits per heavy atom. The van der Waals surface area contributed by atoms with Gasteiger partial charge in [-0.1, -0.05) is 6.07 Å². The van der Waals surface area contributed by atoms with Crippen molar-refractivity contribution >= 4 is 17.5 Å². The number of nitrogens with zero attached hydrogens (tertiary/aromatic N) is 2. The van der Waals surface area contributed by atoms with Crippen molar-refractivity contribution in [2.75, 3.05) is 5.32 Å². The Bertz CT molecular complexity index is 677. The van der Waals surface area contributed by atoms with E-state index in [1.165, 1.54) is 7.05 Å². The molecule has 6 nitrogen and oxygen atoms in total.